The third kappa shape index (κ3) is 4.17. The zero-order valence-electron chi connectivity index (χ0n) is 8.24. The smallest absolute Gasteiger partial charge is 0.0613 e. The van der Waals surface area contributed by atoms with Crippen molar-refractivity contribution in [2.75, 3.05) is 13.7 Å². The van der Waals surface area contributed by atoms with Crippen molar-refractivity contribution in [1.82, 2.24) is 4.98 Å². The van der Waals surface area contributed by atoms with Crippen molar-refractivity contribution in [3.63, 3.8) is 0 Å². The van der Waals surface area contributed by atoms with Gasteiger partial charge in [-0.15, -0.1) is 0 Å². The van der Waals surface area contributed by atoms with E-state index in [0.29, 0.717) is 6.61 Å². The summed E-state index contributed by atoms with van der Waals surface area (Å²) in [6, 6.07) is 4.10. The molecule has 0 amide bonds. The standard InChI is InChI=1S/C10H15BrN2O/c1-14-7-9(12)3-5-10-4-2-8(11)6-13-10/h2,4,6,9H,3,5,7,12H2,1H3. The van der Waals surface area contributed by atoms with Gasteiger partial charge < -0.3 is 10.5 Å². The molecule has 0 saturated carbocycles. The Morgan fingerprint density at radius 3 is 2.93 bits per heavy atom. The van der Waals surface area contributed by atoms with Gasteiger partial charge in [-0.2, -0.15) is 0 Å². The van der Waals surface area contributed by atoms with Crippen molar-refractivity contribution < 1.29 is 4.74 Å². The number of aromatic nitrogens is 1. The van der Waals surface area contributed by atoms with Crippen molar-refractivity contribution in [1.29, 1.82) is 0 Å². The molecule has 0 saturated heterocycles. The number of rotatable bonds is 5. The molecule has 4 heteroatoms. The first-order valence-corrected chi connectivity index (χ1v) is 5.36. The Hall–Kier alpha value is -0.450. The average molecular weight is 259 g/mol. The topological polar surface area (TPSA) is 48.1 Å². The maximum absolute atomic E-state index is 5.80. The lowest BCUT2D eigenvalue weighted by Crippen LogP contribution is -2.26. The van der Waals surface area contributed by atoms with Gasteiger partial charge in [0.25, 0.3) is 0 Å². The molecule has 0 spiro atoms. The minimum Gasteiger partial charge on any atom is -0.383 e. The van der Waals surface area contributed by atoms with Gasteiger partial charge in [0, 0.05) is 29.5 Å². The lowest BCUT2D eigenvalue weighted by atomic mass is 10.1. The molecule has 1 heterocycles. The fourth-order valence-corrected chi connectivity index (χ4v) is 1.42. The van der Waals surface area contributed by atoms with Gasteiger partial charge >= 0.3 is 0 Å². The lowest BCUT2D eigenvalue weighted by molar-refractivity contribution is 0.177. The number of ether oxygens (including phenoxy) is 1. The minimum absolute atomic E-state index is 0.102. The van der Waals surface area contributed by atoms with Crippen molar-refractivity contribution in [2.24, 2.45) is 5.73 Å². The first kappa shape index (κ1) is 11.6. The van der Waals surface area contributed by atoms with Crippen molar-refractivity contribution in [2.45, 2.75) is 18.9 Å². The second kappa shape index (κ2) is 6.11. The summed E-state index contributed by atoms with van der Waals surface area (Å²) in [7, 11) is 1.66. The first-order chi connectivity index (χ1) is 6.72. The number of halogens is 1. The number of nitrogens with two attached hydrogens (primary N) is 1. The highest BCUT2D eigenvalue weighted by atomic mass is 79.9. The Morgan fingerprint density at radius 2 is 2.36 bits per heavy atom. The average Bonchev–Trinajstić information content (AvgIpc) is 2.17. The van der Waals surface area contributed by atoms with Crippen LogP contribution in [0.1, 0.15) is 12.1 Å². The largest absolute Gasteiger partial charge is 0.383 e. The Kier molecular flexibility index (Phi) is 5.07. The van der Waals surface area contributed by atoms with Crippen LogP contribution < -0.4 is 5.73 Å². The van der Waals surface area contributed by atoms with Gasteiger partial charge in [0.1, 0.15) is 0 Å². The summed E-state index contributed by atoms with van der Waals surface area (Å²) >= 11 is 3.34. The first-order valence-electron chi connectivity index (χ1n) is 4.57. The molecule has 0 fully saturated rings. The van der Waals surface area contributed by atoms with Crippen molar-refractivity contribution in [3.8, 4) is 0 Å². The van der Waals surface area contributed by atoms with Gasteiger partial charge in [0.05, 0.1) is 6.61 Å². The fraction of sp³-hybridized carbons (Fsp3) is 0.500. The third-order valence-corrected chi connectivity index (χ3v) is 2.41. The molecule has 0 aliphatic rings. The number of hydrogen-bond donors (Lipinski definition) is 1. The van der Waals surface area contributed by atoms with Gasteiger partial charge in [-0.05, 0) is 40.9 Å². The zero-order chi connectivity index (χ0) is 10.4. The highest BCUT2D eigenvalue weighted by Gasteiger charge is 2.02. The van der Waals surface area contributed by atoms with E-state index in [2.05, 4.69) is 20.9 Å². The Balaban J connectivity index is 2.34. The van der Waals surface area contributed by atoms with Crippen LogP contribution in [0, 0.1) is 0 Å². The molecule has 0 radical (unpaired) electrons. The van der Waals surface area contributed by atoms with Crippen LogP contribution in [0.3, 0.4) is 0 Å². The van der Waals surface area contributed by atoms with E-state index >= 15 is 0 Å². The molecule has 1 rings (SSSR count). The van der Waals surface area contributed by atoms with Crippen LogP contribution >= 0.6 is 15.9 Å². The Bertz CT molecular complexity index is 263. The SMILES string of the molecule is COCC(N)CCc1ccc(Br)cn1. The van der Waals surface area contributed by atoms with Gasteiger partial charge in [0.2, 0.25) is 0 Å². The molecule has 3 nitrogen and oxygen atoms in total. The van der Waals surface area contributed by atoms with E-state index in [-0.39, 0.29) is 6.04 Å². The van der Waals surface area contributed by atoms with Gasteiger partial charge in [-0.25, -0.2) is 0 Å². The molecule has 0 aromatic carbocycles. The van der Waals surface area contributed by atoms with Gasteiger partial charge in [-0.3, -0.25) is 4.98 Å². The maximum atomic E-state index is 5.80. The number of pyridine rings is 1. The van der Waals surface area contributed by atoms with E-state index in [9.17, 15) is 0 Å². The molecule has 0 bridgehead atoms. The normalized spacial score (nSPS) is 12.8. The Labute approximate surface area is 92.8 Å². The summed E-state index contributed by atoms with van der Waals surface area (Å²) in [5, 5.41) is 0. The summed E-state index contributed by atoms with van der Waals surface area (Å²) in [5.41, 5.74) is 6.87. The minimum atomic E-state index is 0.102. The predicted molar refractivity (Wildman–Crippen MR) is 60.1 cm³/mol. The molecular formula is C10H15BrN2O. The van der Waals surface area contributed by atoms with E-state index in [1.54, 1.807) is 13.3 Å². The van der Waals surface area contributed by atoms with Crippen LogP contribution in [0.25, 0.3) is 0 Å². The summed E-state index contributed by atoms with van der Waals surface area (Å²) in [6.07, 6.45) is 3.61. The fourth-order valence-electron chi connectivity index (χ4n) is 1.19. The van der Waals surface area contributed by atoms with Crippen LogP contribution in [0.2, 0.25) is 0 Å². The number of aryl methyl sites for hydroxylation is 1. The molecule has 0 aliphatic heterocycles. The van der Waals surface area contributed by atoms with E-state index in [1.165, 1.54) is 0 Å². The number of nitrogens with zero attached hydrogens (tertiary/aromatic N) is 1. The highest BCUT2D eigenvalue weighted by molar-refractivity contribution is 9.10. The number of hydrogen-bond acceptors (Lipinski definition) is 3. The molecule has 0 aliphatic carbocycles. The van der Waals surface area contributed by atoms with E-state index in [0.717, 1.165) is 23.0 Å². The molecule has 1 aromatic rings. The summed E-state index contributed by atoms with van der Waals surface area (Å²) in [6.45, 7) is 0.608. The zero-order valence-corrected chi connectivity index (χ0v) is 9.83. The quantitative estimate of drug-likeness (QED) is 0.876. The second-order valence-electron chi connectivity index (χ2n) is 3.22. The summed E-state index contributed by atoms with van der Waals surface area (Å²) in [5.74, 6) is 0. The van der Waals surface area contributed by atoms with Crippen LogP contribution in [0.15, 0.2) is 22.8 Å². The van der Waals surface area contributed by atoms with E-state index in [4.69, 9.17) is 10.5 Å². The van der Waals surface area contributed by atoms with Crippen molar-refractivity contribution >= 4 is 15.9 Å². The monoisotopic (exact) mass is 258 g/mol. The lowest BCUT2D eigenvalue weighted by Gasteiger charge is -2.09. The summed E-state index contributed by atoms with van der Waals surface area (Å²) in [4.78, 5) is 4.27. The second-order valence-corrected chi connectivity index (χ2v) is 4.14. The molecule has 1 aromatic heterocycles. The van der Waals surface area contributed by atoms with Crippen LogP contribution in [-0.4, -0.2) is 24.7 Å². The molecular weight excluding hydrogens is 244 g/mol. The van der Waals surface area contributed by atoms with E-state index in [1.807, 2.05) is 12.1 Å². The van der Waals surface area contributed by atoms with Crippen molar-refractivity contribution in [3.05, 3.63) is 28.5 Å². The van der Waals surface area contributed by atoms with E-state index < -0.39 is 0 Å². The van der Waals surface area contributed by atoms with Gasteiger partial charge in [0.15, 0.2) is 0 Å². The molecule has 1 unspecified atom stereocenters. The predicted octanol–water partition coefficient (Wildman–Crippen LogP) is 1.75. The van der Waals surface area contributed by atoms with Crippen LogP contribution in [-0.2, 0) is 11.2 Å². The molecule has 78 valence electrons. The van der Waals surface area contributed by atoms with Crippen LogP contribution in [0.5, 0.6) is 0 Å². The van der Waals surface area contributed by atoms with Crippen LogP contribution in [0.4, 0.5) is 0 Å². The third-order valence-electron chi connectivity index (χ3n) is 1.94. The molecule has 2 N–H and O–H groups in total. The Morgan fingerprint density at radius 1 is 1.57 bits per heavy atom. The number of methoxy groups -OCH3 is 1. The maximum Gasteiger partial charge on any atom is 0.0613 e. The summed E-state index contributed by atoms with van der Waals surface area (Å²) < 4.78 is 5.96. The molecule has 14 heavy (non-hydrogen) atoms. The highest BCUT2D eigenvalue weighted by Crippen LogP contribution is 2.09. The molecule has 1 atom stereocenters. The van der Waals surface area contributed by atoms with Gasteiger partial charge in [-0.1, -0.05) is 0 Å².